The average molecular weight is 237 g/mol. The average Bonchev–Trinajstić information content (AvgIpc) is 2.29. The number of rotatable bonds is 6. The van der Waals surface area contributed by atoms with Gasteiger partial charge in [0.2, 0.25) is 0 Å². The van der Waals surface area contributed by atoms with Gasteiger partial charge in [-0.3, -0.25) is 4.79 Å². The number of carbonyl (C=O) groups excluding carboxylic acids is 1. The van der Waals surface area contributed by atoms with E-state index in [2.05, 4.69) is 0 Å². The van der Waals surface area contributed by atoms with E-state index >= 15 is 0 Å². The monoisotopic (exact) mass is 237 g/mol. The van der Waals surface area contributed by atoms with Crippen LogP contribution in [-0.4, -0.2) is 19.7 Å². The number of ether oxygens (including phenoxy) is 2. The summed E-state index contributed by atoms with van der Waals surface area (Å²) in [5, 5.41) is 0. The van der Waals surface area contributed by atoms with Gasteiger partial charge in [0.1, 0.15) is 5.75 Å². The van der Waals surface area contributed by atoms with E-state index in [1.807, 2.05) is 12.1 Å². The quantitative estimate of drug-likeness (QED) is 0.608. The second-order valence-corrected chi connectivity index (χ2v) is 3.70. The molecule has 0 atom stereocenters. The highest BCUT2D eigenvalue weighted by Crippen LogP contribution is 2.27. The van der Waals surface area contributed by atoms with Crippen molar-refractivity contribution in [3.8, 4) is 5.75 Å². The predicted octanol–water partition coefficient (Wildman–Crippen LogP) is 2.16. The molecule has 0 aliphatic heterocycles. The van der Waals surface area contributed by atoms with Gasteiger partial charge in [0.15, 0.2) is 0 Å². The van der Waals surface area contributed by atoms with Gasteiger partial charge in [-0.2, -0.15) is 0 Å². The van der Waals surface area contributed by atoms with Gasteiger partial charge in [-0.1, -0.05) is 12.1 Å². The van der Waals surface area contributed by atoms with E-state index in [4.69, 9.17) is 15.2 Å². The number of carbonyl (C=O) groups is 1. The van der Waals surface area contributed by atoms with Crippen LogP contribution in [0.2, 0.25) is 0 Å². The molecule has 0 radical (unpaired) electrons. The molecule has 17 heavy (non-hydrogen) atoms. The van der Waals surface area contributed by atoms with Crippen molar-refractivity contribution in [2.75, 3.05) is 19.5 Å². The van der Waals surface area contributed by atoms with Crippen LogP contribution in [0, 0.1) is 0 Å². The highest BCUT2D eigenvalue weighted by molar-refractivity contribution is 5.69. The van der Waals surface area contributed by atoms with E-state index in [1.165, 1.54) is 0 Å². The van der Waals surface area contributed by atoms with Crippen LogP contribution >= 0.6 is 0 Å². The zero-order valence-corrected chi connectivity index (χ0v) is 10.4. The van der Waals surface area contributed by atoms with Crippen LogP contribution in [0.4, 0.5) is 5.69 Å². The lowest BCUT2D eigenvalue weighted by Gasteiger charge is -2.10. The molecular weight excluding hydrogens is 218 g/mol. The smallest absolute Gasteiger partial charge is 0.305 e. The molecule has 1 aromatic rings. The van der Waals surface area contributed by atoms with Gasteiger partial charge in [0.05, 0.1) is 19.4 Å². The zero-order valence-electron chi connectivity index (χ0n) is 10.4. The Hall–Kier alpha value is -1.71. The molecule has 0 bridgehead atoms. The van der Waals surface area contributed by atoms with E-state index in [0.717, 1.165) is 18.4 Å². The number of para-hydroxylation sites is 1. The van der Waals surface area contributed by atoms with Gasteiger partial charge in [0.25, 0.3) is 0 Å². The Morgan fingerprint density at radius 3 is 2.82 bits per heavy atom. The summed E-state index contributed by atoms with van der Waals surface area (Å²) < 4.78 is 10.1. The molecule has 0 aliphatic rings. The number of nitrogen functional groups attached to an aromatic ring is 1. The number of benzene rings is 1. The summed E-state index contributed by atoms with van der Waals surface area (Å²) >= 11 is 0. The number of methoxy groups -OCH3 is 1. The Morgan fingerprint density at radius 1 is 1.41 bits per heavy atom. The molecule has 0 saturated carbocycles. The first-order chi connectivity index (χ1) is 8.19. The van der Waals surface area contributed by atoms with Crippen molar-refractivity contribution >= 4 is 11.7 Å². The molecule has 0 aromatic heterocycles. The van der Waals surface area contributed by atoms with Gasteiger partial charge in [-0.25, -0.2) is 0 Å². The molecule has 0 fully saturated rings. The maximum atomic E-state index is 11.2. The second-order valence-electron chi connectivity index (χ2n) is 3.70. The van der Waals surface area contributed by atoms with Crippen molar-refractivity contribution in [1.29, 1.82) is 0 Å². The Balaban J connectivity index is 2.52. The third kappa shape index (κ3) is 3.98. The highest BCUT2D eigenvalue weighted by Gasteiger charge is 2.07. The maximum Gasteiger partial charge on any atom is 0.305 e. The third-order valence-electron chi connectivity index (χ3n) is 2.46. The second kappa shape index (κ2) is 6.78. The number of esters is 1. The van der Waals surface area contributed by atoms with Crippen LogP contribution in [-0.2, 0) is 16.0 Å². The van der Waals surface area contributed by atoms with Crippen molar-refractivity contribution in [3.63, 3.8) is 0 Å². The number of hydrogen-bond acceptors (Lipinski definition) is 4. The minimum Gasteiger partial charge on any atom is -0.494 e. The van der Waals surface area contributed by atoms with Crippen LogP contribution in [0.15, 0.2) is 18.2 Å². The van der Waals surface area contributed by atoms with Crippen LogP contribution in [0.5, 0.6) is 5.75 Å². The lowest BCUT2D eigenvalue weighted by atomic mass is 10.1. The Bertz CT molecular complexity index is 377. The first kappa shape index (κ1) is 13.4. The summed E-state index contributed by atoms with van der Waals surface area (Å²) in [7, 11) is 1.60. The van der Waals surface area contributed by atoms with Gasteiger partial charge in [0, 0.05) is 6.42 Å². The molecule has 0 spiro atoms. The van der Waals surface area contributed by atoms with Crippen molar-refractivity contribution in [2.24, 2.45) is 0 Å². The predicted molar refractivity (Wildman–Crippen MR) is 67.0 cm³/mol. The SMILES string of the molecule is CCOC(=O)CCCc1cccc(N)c1OC. The number of nitrogens with two attached hydrogens (primary N) is 1. The van der Waals surface area contributed by atoms with Gasteiger partial charge in [-0.15, -0.1) is 0 Å². The van der Waals surface area contributed by atoms with E-state index in [0.29, 0.717) is 24.5 Å². The third-order valence-corrected chi connectivity index (χ3v) is 2.46. The Kier molecular flexibility index (Phi) is 5.33. The molecule has 0 unspecified atom stereocenters. The zero-order chi connectivity index (χ0) is 12.7. The summed E-state index contributed by atoms with van der Waals surface area (Å²) in [6.45, 7) is 2.24. The molecule has 2 N–H and O–H groups in total. The normalized spacial score (nSPS) is 10.0. The summed E-state index contributed by atoms with van der Waals surface area (Å²) in [5.41, 5.74) is 7.45. The van der Waals surface area contributed by atoms with Gasteiger partial charge >= 0.3 is 5.97 Å². The van der Waals surface area contributed by atoms with Crippen LogP contribution in [0.1, 0.15) is 25.3 Å². The van der Waals surface area contributed by atoms with Crippen LogP contribution < -0.4 is 10.5 Å². The first-order valence-corrected chi connectivity index (χ1v) is 5.76. The topological polar surface area (TPSA) is 61.5 Å². The number of hydrogen-bond donors (Lipinski definition) is 1. The molecule has 0 saturated heterocycles. The molecule has 0 aliphatic carbocycles. The Labute approximate surface area is 102 Å². The number of anilines is 1. The summed E-state index contributed by atoms with van der Waals surface area (Å²) in [6.07, 6.45) is 1.91. The van der Waals surface area contributed by atoms with Crippen molar-refractivity contribution in [1.82, 2.24) is 0 Å². The summed E-state index contributed by atoms with van der Waals surface area (Å²) in [5.74, 6) is 0.548. The molecule has 1 aromatic carbocycles. The molecular formula is C13H19NO3. The minimum absolute atomic E-state index is 0.157. The lowest BCUT2D eigenvalue weighted by molar-refractivity contribution is -0.143. The summed E-state index contributed by atoms with van der Waals surface area (Å²) in [4.78, 5) is 11.2. The molecule has 94 valence electrons. The standard InChI is InChI=1S/C13H19NO3/c1-3-17-12(15)9-5-7-10-6-4-8-11(14)13(10)16-2/h4,6,8H,3,5,7,9,14H2,1-2H3. The fourth-order valence-electron chi connectivity index (χ4n) is 1.71. The summed E-state index contributed by atoms with van der Waals surface area (Å²) in [6, 6.07) is 5.64. The molecule has 1 rings (SSSR count). The van der Waals surface area contributed by atoms with Crippen LogP contribution in [0.25, 0.3) is 0 Å². The van der Waals surface area contributed by atoms with E-state index in [1.54, 1.807) is 20.1 Å². The highest BCUT2D eigenvalue weighted by atomic mass is 16.5. The molecule has 0 amide bonds. The van der Waals surface area contributed by atoms with Crippen LogP contribution in [0.3, 0.4) is 0 Å². The maximum absolute atomic E-state index is 11.2. The van der Waals surface area contributed by atoms with Gasteiger partial charge < -0.3 is 15.2 Å². The lowest BCUT2D eigenvalue weighted by Crippen LogP contribution is -2.04. The molecule has 4 heteroatoms. The fraction of sp³-hybridized carbons (Fsp3) is 0.462. The van der Waals surface area contributed by atoms with Gasteiger partial charge in [-0.05, 0) is 31.4 Å². The molecule has 4 nitrogen and oxygen atoms in total. The van der Waals surface area contributed by atoms with E-state index in [9.17, 15) is 4.79 Å². The van der Waals surface area contributed by atoms with Crippen molar-refractivity contribution in [3.05, 3.63) is 23.8 Å². The van der Waals surface area contributed by atoms with Crippen molar-refractivity contribution < 1.29 is 14.3 Å². The minimum atomic E-state index is -0.157. The fourth-order valence-corrected chi connectivity index (χ4v) is 1.71. The van der Waals surface area contributed by atoms with Crippen molar-refractivity contribution in [2.45, 2.75) is 26.2 Å². The van der Waals surface area contributed by atoms with E-state index in [-0.39, 0.29) is 5.97 Å². The first-order valence-electron chi connectivity index (χ1n) is 5.76. The van der Waals surface area contributed by atoms with E-state index < -0.39 is 0 Å². The largest absolute Gasteiger partial charge is 0.494 e. The molecule has 0 heterocycles. The Morgan fingerprint density at radius 2 is 2.18 bits per heavy atom. The number of aryl methyl sites for hydroxylation is 1.